The van der Waals surface area contributed by atoms with E-state index in [9.17, 15) is 4.79 Å². The summed E-state index contributed by atoms with van der Waals surface area (Å²) in [6.07, 6.45) is 6.20. The Morgan fingerprint density at radius 2 is 2.26 bits per heavy atom. The van der Waals surface area contributed by atoms with Crippen LogP contribution in [0.5, 0.6) is 0 Å². The molecule has 0 bridgehead atoms. The van der Waals surface area contributed by atoms with Crippen LogP contribution >= 0.6 is 0 Å². The van der Waals surface area contributed by atoms with Gasteiger partial charge in [-0.25, -0.2) is 4.79 Å². The highest BCUT2D eigenvalue weighted by molar-refractivity contribution is 5.88. The Bertz CT molecular complexity index is 439. The van der Waals surface area contributed by atoms with Gasteiger partial charge >= 0.3 is 5.97 Å². The average Bonchev–Trinajstić information content (AvgIpc) is 2.59. The van der Waals surface area contributed by atoms with E-state index in [0.29, 0.717) is 11.8 Å². The molecular weight excluding hydrogens is 242 g/mol. The Balaban J connectivity index is 2.10. The topological polar surface area (TPSA) is 53.7 Å². The van der Waals surface area contributed by atoms with E-state index in [1.165, 1.54) is 25.7 Å². The number of hydrogen-bond donors (Lipinski definition) is 1. The Kier molecular flexibility index (Phi) is 4.64. The number of hydrogen-bond acceptors (Lipinski definition) is 3. The van der Waals surface area contributed by atoms with Gasteiger partial charge < -0.3 is 9.52 Å². The molecule has 19 heavy (non-hydrogen) atoms. The minimum absolute atomic E-state index is 0.290. The van der Waals surface area contributed by atoms with Crippen molar-refractivity contribution >= 4 is 5.97 Å². The van der Waals surface area contributed by atoms with Crippen LogP contribution < -0.4 is 0 Å². The highest BCUT2D eigenvalue weighted by Gasteiger charge is 2.22. The molecule has 1 fully saturated rings. The second-order valence-corrected chi connectivity index (χ2v) is 5.37. The maximum atomic E-state index is 11.0. The number of rotatable bonds is 4. The van der Waals surface area contributed by atoms with Crippen LogP contribution in [0.4, 0.5) is 0 Å². The molecule has 0 spiro atoms. The maximum Gasteiger partial charge on any atom is 0.339 e. The zero-order chi connectivity index (χ0) is 13.8. The molecule has 2 heterocycles. The Hall–Kier alpha value is -1.29. The molecule has 0 radical (unpaired) electrons. The van der Waals surface area contributed by atoms with Crippen LogP contribution in [0.3, 0.4) is 0 Å². The fourth-order valence-corrected chi connectivity index (χ4v) is 2.94. The Morgan fingerprint density at radius 1 is 1.47 bits per heavy atom. The van der Waals surface area contributed by atoms with Crippen LogP contribution in [0.15, 0.2) is 10.5 Å². The molecule has 0 amide bonds. The number of aryl methyl sites for hydroxylation is 1. The molecule has 1 aliphatic rings. The standard InChI is InChI=1S/C15H23NO3/c1-3-12-7-5-4-6-8-16(12)10-13-9-14(15(17)18)11(2)19-13/h9,12H,3-8,10H2,1-2H3,(H,17,18). The highest BCUT2D eigenvalue weighted by atomic mass is 16.4. The van der Waals surface area contributed by atoms with E-state index in [2.05, 4.69) is 11.8 Å². The fourth-order valence-electron chi connectivity index (χ4n) is 2.94. The van der Waals surface area contributed by atoms with E-state index in [1.54, 1.807) is 13.0 Å². The third-order valence-corrected chi connectivity index (χ3v) is 4.03. The molecule has 1 atom stereocenters. The molecule has 4 nitrogen and oxygen atoms in total. The van der Waals surface area contributed by atoms with Crippen molar-refractivity contribution in [2.24, 2.45) is 0 Å². The van der Waals surface area contributed by atoms with E-state index in [-0.39, 0.29) is 5.56 Å². The van der Waals surface area contributed by atoms with Crippen molar-refractivity contribution in [3.63, 3.8) is 0 Å². The van der Waals surface area contributed by atoms with Crippen molar-refractivity contribution in [2.45, 2.75) is 58.5 Å². The van der Waals surface area contributed by atoms with Crippen LogP contribution in [0.25, 0.3) is 0 Å². The van der Waals surface area contributed by atoms with Crippen molar-refractivity contribution in [3.8, 4) is 0 Å². The minimum Gasteiger partial charge on any atom is -0.478 e. The molecule has 4 heteroatoms. The lowest BCUT2D eigenvalue weighted by atomic mass is 10.1. The molecule has 106 valence electrons. The molecule has 0 aromatic carbocycles. The van der Waals surface area contributed by atoms with Gasteiger partial charge in [0.2, 0.25) is 0 Å². The van der Waals surface area contributed by atoms with Gasteiger partial charge in [0, 0.05) is 6.04 Å². The first-order chi connectivity index (χ1) is 9.11. The van der Waals surface area contributed by atoms with Crippen LogP contribution in [-0.2, 0) is 6.54 Å². The normalized spacial score (nSPS) is 21.3. The lowest BCUT2D eigenvalue weighted by molar-refractivity contribution is 0.0695. The molecule has 0 aliphatic carbocycles. The van der Waals surface area contributed by atoms with E-state index >= 15 is 0 Å². The number of carbonyl (C=O) groups is 1. The second kappa shape index (κ2) is 6.24. The lowest BCUT2D eigenvalue weighted by Crippen LogP contribution is -2.33. The minimum atomic E-state index is -0.907. The largest absolute Gasteiger partial charge is 0.478 e. The molecule has 0 saturated carbocycles. The zero-order valence-corrected chi connectivity index (χ0v) is 11.8. The molecule has 2 rings (SSSR count). The van der Waals surface area contributed by atoms with Gasteiger partial charge in [-0.3, -0.25) is 4.90 Å². The second-order valence-electron chi connectivity index (χ2n) is 5.37. The number of nitrogens with zero attached hydrogens (tertiary/aromatic N) is 1. The SMILES string of the molecule is CCC1CCCCCN1Cc1cc(C(=O)O)c(C)o1. The third-order valence-electron chi connectivity index (χ3n) is 4.03. The first-order valence-electron chi connectivity index (χ1n) is 7.18. The van der Waals surface area contributed by atoms with Gasteiger partial charge in [0.25, 0.3) is 0 Å². The quantitative estimate of drug-likeness (QED) is 0.906. The van der Waals surface area contributed by atoms with Gasteiger partial charge in [0.1, 0.15) is 17.1 Å². The van der Waals surface area contributed by atoms with Gasteiger partial charge in [-0.15, -0.1) is 0 Å². The first kappa shape index (κ1) is 14.1. The number of aromatic carboxylic acids is 1. The Morgan fingerprint density at radius 3 is 2.89 bits per heavy atom. The smallest absolute Gasteiger partial charge is 0.339 e. The predicted octanol–water partition coefficient (Wildman–Crippen LogP) is 3.44. The van der Waals surface area contributed by atoms with Crippen molar-refractivity contribution in [1.82, 2.24) is 4.90 Å². The van der Waals surface area contributed by atoms with Crippen LogP contribution in [-0.4, -0.2) is 28.6 Å². The van der Waals surface area contributed by atoms with Crippen molar-refractivity contribution in [2.75, 3.05) is 6.54 Å². The zero-order valence-electron chi connectivity index (χ0n) is 11.8. The number of carboxylic acid groups (broad SMARTS) is 1. The summed E-state index contributed by atoms with van der Waals surface area (Å²) in [6, 6.07) is 2.27. The summed E-state index contributed by atoms with van der Waals surface area (Å²) in [5, 5.41) is 9.05. The van der Waals surface area contributed by atoms with Crippen molar-refractivity contribution < 1.29 is 14.3 Å². The molecule has 1 N–H and O–H groups in total. The van der Waals surface area contributed by atoms with Gasteiger partial charge in [-0.05, 0) is 38.8 Å². The van der Waals surface area contributed by atoms with Gasteiger partial charge in [-0.2, -0.15) is 0 Å². The summed E-state index contributed by atoms with van der Waals surface area (Å²) < 4.78 is 5.59. The van der Waals surface area contributed by atoms with Crippen LogP contribution in [0, 0.1) is 6.92 Å². The van der Waals surface area contributed by atoms with E-state index < -0.39 is 5.97 Å². The summed E-state index contributed by atoms with van der Waals surface area (Å²) in [6.45, 7) is 5.75. The van der Waals surface area contributed by atoms with Gasteiger partial charge in [0.05, 0.1) is 6.54 Å². The fraction of sp³-hybridized carbons (Fsp3) is 0.667. The van der Waals surface area contributed by atoms with Gasteiger partial charge in [0.15, 0.2) is 0 Å². The van der Waals surface area contributed by atoms with Gasteiger partial charge in [-0.1, -0.05) is 19.8 Å². The number of furan rings is 1. The van der Waals surface area contributed by atoms with E-state index in [4.69, 9.17) is 9.52 Å². The van der Waals surface area contributed by atoms with Crippen molar-refractivity contribution in [1.29, 1.82) is 0 Å². The van der Waals surface area contributed by atoms with Crippen molar-refractivity contribution in [3.05, 3.63) is 23.2 Å². The Labute approximate surface area is 114 Å². The molecule has 1 unspecified atom stereocenters. The molecule has 1 saturated heterocycles. The van der Waals surface area contributed by atoms with Crippen LogP contribution in [0.1, 0.15) is 60.9 Å². The molecule has 1 aromatic rings. The third kappa shape index (κ3) is 3.38. The predicted molar refractivity (Wildman–Crippen MR) is 73.4 cm³/mol. The molecular formula is C15H23NO3. The monoisotopic (exact) mass is 265 g/mol. The van der Waals surface area contributed by atoms with E-state index in [0.717, 1.165) is 25.3 Å². The summed E-state index contributed by atoms with van der Waals surface area (Å²) in [5.74, 6) is 0.371. The molecule has 1 aliphatic heterocycles. The van der Waals surface area contributed by atoms with Crippen LogP contribution in [0.2, 0.25) is 0 Å². The first-order valence-corrected chi connectivity index (χ1v) is 7.18. The summed E-state index contributed by atoms with van der Waals surface area (Å²) in [5.41, 5.74) is 0.290. The number of likely N-dealkylation sites (tertiary alicyclic amines) is 1. The lowest BCUT2D eigenvalue weighted by Gasteiger charge is -2.28. The van der Waals surface area contributed by atoms with E-state index in [1.807, 2.05) is 0 Å². The summed E-state index contributed by atoms with van der Waals surface area (Å²) in [7, 11) is 0. The summed E-state index contributed by atoms with van der Waals surface area (Å²) >= 11 is 0. The maximum absolute atomic E-state index is 11.0. The number of carboxylic acids is 1. The summed E-state index contributed by atoms with van der Waals surface area (Å²) in [4.78, 5) is 13.5. The highest BCUT2D eigenvalue weighted by Crippen LogP contribution is 2.23. The molecule has 1 aromatic heterocycles. The average molecular weight is 265 g/mol.